The summed E-state index contributed by atoms with van der Waals surface area (Å²) in [5.41, 5.74) is 6.75. The van der Waals surface area contributed by atoms with E-state index in [1.54, 1.807) is 11.3 Å². The van der Waals surface area contributed by atoms with E-state index < -0.39 is 5.54 Å². The van der Waals surface area contributed by atoms with Gasteiger partial charge in [0, 0.05) is 4.88 Å². The third-order valence-corrected chi connectivity index (χ3v) is 6.30. The van der Waals surface area contributed by atoms with Crippen LogP contribution < -0.4 is 11.1 Å². The Morgan fingerprint density at radius 1 is 1.33 bits per heavy atom. The lowest BCUT2D eigenvalue weighted by Crippen LogP contribution is -2.58. The first-order chi connectivity index (χ1) is 10.1. The van der Waals surface area contributed by atoms with Crippen molar-refractivity contribution in [2.45, 2.75) is 62.8 Å². The van der Waals surface area contributed by atoms with Gasteiger partial charge >= 0.3 is 0 Å². The highest BCUT2D eigenvalue weighted by atomic mass is 32.1. The second-order valence-electron chi connectivity index (χ2n) is 6.24. The molecule has 1 fully saturated rings. The van der Waals surface area contributed by atoms with Crippen LogP contribution in [0.2, 0.25) is 0 Å². The normalized spacial score (nSPS) is 24.1. The van der Waals surface area contributed by atoms with Crippen LogP contribution in [0.5, 0.6) is 0 Å². The first-order valence-corrected chi connectivity index (χ1v) is 9.09. The van der Waals surface area contributed by atoms with Crippen LogP contribution in [0.4, 0.5) is 0 Å². The number of nitrogens with two attached hydrogens (primary N) is 1. The van der Waals surface area contributed by atoms with Gasteiger partial charge in [0.2, 0.25) is 5.91 Å². The molecule has 0 radical (unpaired) electrons. The third-order valence-electron chi connectivity index (χ3n) is 4.91. The van der Waals surface area contributed by atoms with Crippen LogP contribution in [0.1, 0.15) is 61.3 Å². The molecule has 5 heteroatoms. The van der Waals surface area contributed by atoms with Gasteiger partial charge in [-0.1, -0.05) is 31.5 Å². The number of nitrogens with one attached hydrogen (secondary N) is 1. The lowest BCUT2D eigenvalue weighted by molar-refractivity contribution is -0.124. The molecule has 1 aromatic heterocycles. The SMILES string of the molecule is NC(=S)C1(NC(=O)C2CCCc3sccc32)CCCCC1. The largest absolute Gasteiger partial charge is 0.391 e. The number of hydrogen-bond donors (Lipinski definition) is 2. The lowest BCUT2D eigenvalue weighted by atomic mass is 9.80. The van der Waals surface area contributed by atoms with Crippen LogP contribution in [-0.4, -0.2) is 16.4 Å². The Hall–Kier alpha value is -0.940. The average Bonchev–Trinajstić information content (AvgIpc) is 2.96. The zero-order chi connectivity index (χ0) is 14.9. The van der Waals surface area contributed by atoms with Crippen molar-refractivity contribution in [1.82, 2.24) is 5.32 Å². The van der Waals surface area contributed by atoms with E-state index in [-0.39, 0.29) is 11.8 Å². The van der Waals surface area contributed by atoms with Crippen LogP contribution in [-0.2, 0) is 11.2 Å². The Labute approximate surface area is 135 Å². The first kappa shape index (κ1) is 15.0. The number of hydrogen-bond acceptors (Lipinski definition) is 3. The molecule has 3 rings (SSSR count). The van der Waals surface area contributed by atoms with Gasteiger partial charge in [-0.25, -0.2) is 0 Å². The smallest absolute Gasteiger partial charge is 0.228 e. The second-order valence-corrected chi connectivity index (χ2v) is 7.68. The standard InChI is InChI=1S/C16H22N2OS2/c17-15(20)16(8-2-1-3-9-16)18-14(19)12-5-4-6-13-11(12)7-10-21-13/h7,10,12H,1-6,8-9H2,(H2,17,20)(H,18,19). The van der Waals surface area contributed by atoms with E-state index in [2.05, 4.69) is 16.8 Å². The summed E-state index contributed by atoms with van der Waals surface area (Å²) in [6.45, 7) is 0. The molecule has 3 nitrogen and oxygen atoms in total. The van der Waals surface area contributed by atoms with Crippen molar-refractivity contribution in [3.63, 3.8) is 0 Å². The summed E-state index contributed by atoms with van der Waals surface area (Å²) in [7, 11) is 0. The van der Waals surface area contributed by atoms with Crippen LogP contribution in [0.3, 0.4) is 0 Å². The van der Waals surface area contributed by atoms with Gasteiger partial charge in [-0.05, 0) is 49.1 Å². The fourth-order valence-electron chi connectivity index (χ4n) is 3.67. The Morgan fingerprint density at radius 3 is 2.81 bits per heavy atom. The van der Waals surface area contributed by atoms with Crippen LogP contribution in [0.25, 0.3) is 0 Å². The summed E-state index contributed by atoms with van der Waals surface area (Å²) in [6.07, 6.45) is 8.29. The van der Waals surface area contributed by atoms with Gasteiger partial charge in [-0.2, -0.15) is 0 Å². The molecule has 2 aliphatic carbocycles. The van der Waals surface area contributed by atoms with E-state index in [1.165, 1.54) is 16.9 Å². The molecule has 21 heavy (non-hydrogen) atoms. The third kappa shape index (κ3) is 2.86. The number of thiocarbonyl (C=S) groups is 1. The summed E-state index contributed by atoms with van der Waals surface area (Å²) in [5, 5.41) is 5.33. The molecule has 2 aliphatic rings. The first-order valence-electron chi connectivity index (χ1n) is 7.81. The predicted molar refractivity (Wildman–Crippen MR) is 90.7 cm³/mol. The van der Waals surface area contributed by atoms with Gasteiger partial charge in [0.15, 0.2) is 0 Å². The maximum Gasteiger partial charge on any atom is 0.228 e. The monoisotopic (exact) mass is 322 g/mol. The van der Waals surface area contributed by atoms with Gasteiger partial charge in [0.1, 0.15) is 0 Å². The number of carbonyl (C=O) groups is 1. The van der Waals surface area contributed by atoms with Crippen molar-refractivity contribution in [1.29, 1.82) is 0 Å². The number of fused-ring (bicyclic) bond motifs is 1. The molecule has 1 unspecified atom stereocenters. The van der Waals surface area contributed by atoms with Crippen LogP contribution in [0, 0.1) is 0 Å². The molecule has 1 heterocycles. The molecule has 1 amide bonds. The minimum absolute atomic E-state index is 0.0202. The van der Waals surface area contributed by atoms with Crippen molar-refractivity contribution in [3.05, 3.63) is 21.9 Å². The average molecular weight is 322 g/mol. The molecule has 114 valence electrons. The van der Waals surface area contributed by atoms with Crippen molar-refractivity contribution in [3.8, 4) is 0 Å². The summed E-state index contributed by atoms with van der Waals surface area (Å²) in [6, 6.07) is 2.11. The molecule has 0 spiro atoms. The maximum atomic E-state index is 12.8. The molecular weight excluding hydrogens is 300 g/mol. The predicted octanol–water partition coefficient (Wildman–Crippen LogP) is 3.27. The van der Waals surface area contributed by atoms with E-state index in [0.717, 1.165) is 44.9 Å². The zero-order valence-electron chi connectivity index (χ0n) is 12.2. The molecule has 1 aromatic rings. The summed E-state index contributed by atoms with van der Waals surface area (Å²) < 4.78 is 0. The van der Waals surface area contributed by atoms with E-state index >= 15 is 0 Å². The van der Waals surface area contributed by atoms with Gasteiger partial charge in [0.25, 0.3) is 0 Å². The molecule has 0 bridgehead atoms. The van der Waals surface area contributed by atoms with Gasteiger partial charge in [-0.15, -0.1) is 11.3 Å². The molecule has 1 saturated carbocycles. The zero-order valence-corrected chi connectivity index (χ0v) is 13.8. The highest BCUT2D eigenvalue weighted by Crippen LogP contribution is 2.36. The van der Waals surface area contributed by atoms with E-state index in [9.17, 15) is 4.79 Å². The molecule has 0 aromatic carbocycles. The Kier molecular flexibility index (Phi) is 4.31. The van der Waals surface area contributed by atoms with Gasteiger partial charge in [-0.3, -0.25) is 4.79 Å². The summed E-state index contributed by atoms with van der Waals surface area (Å²) >= 11 is 7.04. The van der Waals surface area contributed by atoms with Gasteiger partial charge < -0.3 is 11.1 Å². The quantitative estimate of drug-likeness (QED) is 0.840. The lowest BCUT2D eigenvalue weighted by Gasteiger charge is -2.38. The minimum atomic E-state index is -0.446. The highest BCUT2D eigenvalue weighted by molar-refractivity contribution is 7.80. The summed E-state index contributed by atoms with van der Waals surface area (Å²) in [5.74, 6) is 0.0946. The molecular formula is C16H22N2OS2. The number of amides is 1. The molecule has 0 aliphatic heterocycles. The highest BCUT2D eigenvalue weighted by Gasteiger charge is 2.39. The fraction of sp³-hybridized carbons (Fsp3) is 0.625. The minimum Gasteiger partial charge on any atom is -0.391 e. The molecule has 0 saturated heterocycles. The van der Waals surface area contributed by atoms with Crippen molar-refractivity contribution in [2.75, 3.05) is 0 Å². The number of rotatable bonds is 3. The van der Waals surface area contributed by atoms with Gasteiger partial charge in [0.05, 0.1) is 16.4 Å². The fourth-order valence-corrected chi connectivity index (χ4v) is 4.91. The second kappa shape index (κ2) is 6.05. The van der Waals surface area contributed by atoms with Crippen molar-refractivity contribution < 1.29 is 4.79 Å². The van der Waals surface area contributed by atoms with E-state index in [1.807, 2.05) is 0 Å². The summed E-state index contributed by atoms with van der Waals surface area (Å²) in [4.78, 5) is 14.6. The van der Waals surface area contributed by atoms with Crippen LogP contribution >= 0.6 is 23.6 Å². The van der Waals surface area contributed by atoms with Crippen molar-refractivity contribution in [2.24, 2.45) is 5.73 Å². The molecule has 1 atom stereocenters. The maximum absolute atomic E-state index is 12.8. The number of thiophene rings is 1. The van der Waals surface area contributed by atoms with Crippen LogP contribution in [0.15, 0.2) is 11.4 Å². The van der Waals surface area contributed by atoms with Crippen molar-refractivity contribution >= 4 is 34.5 Å². The Morgan fingerprint density at radius 2 is 2.10 bits per heavy atom. The Bertz CT molecular complexity index is 546. The number of carbonyl (C=O) groups excluding carboxylic acids is 1. The Balaban J connectivity index is 1.78. The topological polar surface area (TPSA) is 55.1 Å². The van der Waals surface area contributed by atoms with E-state index in [0.29, 0.717) is 4.99 Å². The number of aryl methyl sites for hydroxylation is 1. The van der Waals surface area contributed by atoms with E-state index in [4.69, 9.17) is 18.0 Å². The molecule has 3 N–H and O–H groups in total.